The van der Waals surface area contributed by atoms with Gasteiger partial charge >= 0.3 is 12.4 Å². The highest BCUT2D eigenvalue weighted by Gasteiger charge is 2.51. The number of hydrogen-bond acceptors (Lipinski definition) is 10. The maximum absolute atomic E-state index is 14.5. The molecule has 1 amide bonds. The van der Waals surface area contributed by atoms with Crippen molar-refractivity contribution in [2.75, 3.05) is 48.0 Å². The summed E-state index contributed by atoms with van der Waals surface area (Å²) in [6.07, 6.45) is -9.29. The monoisotopic (exact) mass is 774 g/mol. The van der Waals surface area contributed by atoms with E-state index in [1.54, 1.807) is 26.0 Å². The standard InChI is InChI=1S/C35H36F6N10O4/c1-18-3-8-27(51(18)20-4-6-24-22(13-20)23(34(36,37)38)14-28(52)48-24)30(35(39,40)41)55-12-11-54-10-9-50-29(53)16-45-32-33(50)49-26(15-44-32)21-5-7-25(47-19(21)2)31(43)46-17-42/h4-7,13-15,17-18,27,30H,3,8-12,16H2,1-2H3,(H,44,45)(H,48,52)(H3,42,43,46)/t18-,27?,30?/m0/s1. The number of aromatic nitrogens is 4. The first-order valence-corrected chi connectivity index (χ1v) is 17.1. The third-order valence-electron chi connectivity index (χ3n) is 9.34. The van der Waals surface area contributed by atoms with Gasteiger partial charge in [0, 0.05) is 40.0 Å². The van der Waals surface area contributed by atoms with Crippen LogP contribution in [0.5, 0.6) is 0 Å². The van der Waals surface area contributed by atoms with Gasteiger partial charge in [0.1, 0.15) is 12.0 Å². The highest BCUT2D eigenvalue weighted by Crippen LogP contribution is 2.41. The van der Waals surface area contributed by atoms with Crippen LogP contribution in [0.15, 0.2) is 52.4 Å². The molecule has 0 aliphatic carbocycles. The van der Waals surface area contributed by atoms with Crippen molar-refractivity contribution in [2.24, 2.45) is 10.7 Å². The Morgan fingerprint density at radius 3 is 2.58 bits per heavy atom. The minimum Gasteiger partial charge on any atom is -0.382 e. The van der Waals surface area contributed by atoms with Crippen molar-refractivity contribution < 1.29 is 40.6 Å². The number of carbonyl (C=O) groups is 1. The molecule has 0 radical (unpaired) electrons. The summed E-state index contributed by atoms with van der Waals surface area (Å²) in [4.78, 5) is 47.1. The van der Waals surface area contributed by atoms with E-state index in [1.807, 2.05) is 0 Å². The van der Waals surface area contributed by atoms with Crippen LogP contribution in [0.1, 0.15) is 36.7 Å². The topological polar surface area (TPSA) is 188 Å². The van der Waals surface area contributed by atoms with Gasteiger partial charge in [0.15, 0.2) is 23.6 Å². The van der Waals surface area contributed by atoms with Gasteiger partial charge in [-0.1, -0.05) is 0 Å². The summed E-state index contributed by atoms with van der Waals surface area (Å²) in [5.74, 6) is 0.282. The molecule has 4 aromatic rings. The number of hydrogen-bond donors (Lipinski definition) is 4. The molecule has 6 rings (SSSR count). The molecule has 0 saturated carbocycles. The molecule has 5 heterocycles. The van der Waals surface area contributed by atoms with Crippen LogP contribution in [0.25, 0.3) is 22.2 Å². The predicted molar refractivity (Wildman–Crippen MR) is 191 cm³/mol. The lowest BCUT2D eigenvalue weighted by molar-refractivity contribution is -0.228. The highest BCUT2D eigenvalue weighted by atomic mass is 19.4. The molecule has 1 aromatic carbocycles. The van der Waals surface area contributed by atoms with Crippen molar-refractivity contribution in [1.82, 2.24) is 19.9 Å². The first-order chi connectivity index (χ1) is 26.1. The van der Waals surface area contributed by atoms with Crippen molar-refractivity contribution in [3.63, 3.8) is 0 Å². The molecule has 55 heavy (non-hydrogen) atoms. The van der Waals surface area contributed by atoms with E-state index in [0.717, 1.165) is 12.4 Å². The molecule has 14 nitrogen and oxygen atoms in total. The number of H-pyrrole nitrogens is 1. The molecule has 2 unspecified atom stereocenters. The number of ether oxygens (including phenoxy) is 2. The quantitative estimate of drug-likeness (QED) is 0.0674. The number of nitrogens with two attached hydrogens (primary N) is 1. The number of carbonyl (C=O) groups excluding carboxylic acids is 1. The summed E-state index contributed by atoms with van der Waals surface area (Å²) < 4.78 is 96.0. The molecule has 0 spiro atoms. The lowest BCUT2D eigenvalue weighted by Crippen LogP contribution is -2.50. The molecule has 1 fully saturated rings. The number of aryl methyl sites for hydroxylation is 1. The molecular formula is C35H36F6N10O4. The Balaban J connectivity index is 1.11. The smallest absolute Gasteiger partial charge is 0.382 e. The van der Waals surface area contributed by atoms with Crippen LogP contribution in [0.3, 0.4) is 0 Å². The number of fused-ring (bicyclic) bond motifs is 2. The van der Waals surface area contributed by atoms with Gasteiger partial charge in [-0.15, -0.1) is 0 Å². The minimum atomic E-state index is -4.87. The number of amides is 1. The largest absolute Gasteiger partial charge is 0.417 e. The van der Waals surface area contributed by atoms with Crippen molar-refractivity contribution in [2.45, 2.75) is 57.2 Å². The van der Waals surface area contributed by atoms with Crippen LogP contribution in [0.4, 0.5) is 43.7 Å². The SMILES string of the molecule is Cc1nc(C(N)=NC=N)ccc1-c1cnc2c(n1)N(CCOCCOC(C1CC[C@H](C)N1c1ccc3[nH]c(=O)cc(C(F)(F)F)c3c1)C(F)(F)F)C(=O)CN2. The number of pyridine rings is 2. The average molecular weight is 775 g/mol. The molecule has 292 valence electrons. The van der Waals surface area contributed by atoms with Crippen LogP contribution in [-0.4, -0.2) is 95.3 Å². The molecule has 2 aliphatic rings. The Kier molecular flexibility index (Phi) is 11.1. The van der Waals surface area contributed by atoms with Crippen LogP contribution in [0, 0.1) is 12.3 Å². The Bertz CT molecular complexity index is 2180. The fourth-order valence-electron chi connectivity index (χ4n) is 6.85. The Hall–Kier alpha value is -5.63. The van der Waals surface area contributed by atoms with Crippen molar-refractivity contribution >= 4 is 46.3 Å². The first kappa shape index (κ1) is 39.1. The molecule has 5 N–H and O–H groups in total. The molecule has 0 bridgehead atoms. The molecule has 20 heteroatoms. The average Bonchev–Trinajstić information content (AvgIpc) is 3.50. The maximum atomic E-state index is 14.5. The Morgan fingerprint density at radius 2 is 1.87 bits per heavy atom. The second-order valence-corrected chi connectivity index (χ2v) is 12.9. The van der Waals surface area contributed by atoms with E-state index >= 15 is 0 Å². The number of benzene rings is 1. The van der Waals surface area contributed by atoms with E-state index in [4.69, 9.17) is 20.6 Å². The van der Waals surface area contributed by atoms with E-state index < -0.39 is 48.3 Å². The summed E-state index contributed by atoms with van der Waals surface area (Å²) in [7, 11) is 0. The van der Waals surface area contributed by atoms with E-state index in [9.17, 15) is 35.9 Å². The maximum Gasteiger partial charge on any atom is 0.417 e. The number of aromatic amines is 1. The third kappa shape index (κ3) is 8.39. The number of aliphatic imine (C=N–C) groups is 1. The molecular weight excluding hydrogens is 738 g/mol. The summed E-state index contributed by atoms with van der Waals surface area (Å²) in [6, 6.07) is 5.80. The van der Waals surface area contributed by atoms with Gasteiger partial charge in [0.2, 0.25) is 11.5 Å². The number of halogens is 6. The number of alkyl halides is 6. The third-order valence-corrected chi connectivity index (χ3v) is 9.34. The molecule has 3 atom stereocenters. The highest BCUT2D eigenvalue weighted by molar-refractivity contribution is 6.01. The zero-order valence-electron chi connectivity index (χ0n) is 29.5. The number of rotatable bonds is 12. The fourth-order valence-corrected chi connectivity index (χ4v) is 6.85. The second-order valence-electron chi connectivity index (χ2n) is 12.9. The van der Waals surface area contributed by atoms with Gasteiger partial charge < -0.3 is 30.4 Å². The van der Waals surface area contributed by atoms with Gasteiger partial charge in [0.05, 0.1) is 56.4 Å². The van der Waals surface area contributed by atoms with Crippen molar-refractivity contribution in [3.05, 3.63) is 69.9 Å². The van der Waals surface area contributed by atoms with Crippen LogP contribution in [-0.2, 0) is 20.4 Å². The Morgan fingerprint density at radius 1 is 1.09 bits per heavy atom. The van der Waals surface area contributed by atoms with E-state index in [-0.39, 0.29) is 66.9 Å². The lowest BCUT2D eigenvalue weighted by atomic mass is 10.0. The van der Waals surface area contributed by atoms with E-state index in [0.29, 0.717) is 41.0 Å². The van der Waals surface area contributed by atoms with Crippen molar-refractivity contribution in [1.29, 1.82) is 5.41 Å². The fraction of sp³-hybridized carbons (Fsp3) is 0.400. The van der Waals surface area contributed by atoms with Gasteiger partial charge in [-0.3, -0.25) is 19.9 Å². The van der Waals surface area contributed by atoms with E-state index in [1.165, 1.54) is 28.1 Å². The van der Waals surface area contributed by atoms with Gasteiger partial charge in [-0.2, -0.15) is 26.3 Å². The zero-order chi connectivity index (χ0) is 39.7. The lowest BCUT2D eigenvalue weighted by Gasteiger charge is -2.36. The molecule has 1 saturated heterocycles. The molecule has 3 aromatic heterocycles. The predicted octanol–water partition coefficient (Wildman–Crippen LogP) is 4.80. The summed E-state index contributed by atoms with van der Waals surface area (Å²) in [5.41, 5.74) is 5.64. The van der Waals surface area contributed by atoms with Crippen molar-refractivity contribution in [3.8, 4) is 11.3 Å². The van der Waals surface area contributed by atoms with Gasteiger partial charge in [0.25, 0.3) is 0 Å². The normalized spacial score (nSPS) is 18.4. The number of nitrogens with zero attached hydrogens (tertiary/aromatic N) is 6. The van der Waals surface area contributed by atoms with Crippen LogP contribution < -0.4 is 26.4 Å². The summed E-state index contributed by atoms with van der Waals surface area (Å²) in [6.45, 7) is 2.54. The first-order valence-electron chi connectivity index (χ1n) is 17.1. The minimum absolute atomic E-state index is 0.00218. The zero-order valence-corrected chi connectivity index (χ0v) is 29.5. The second kappa shape index (κ2) is 15.6. The summed E-state index contributed by atoms with van der Waals surface area (Å²) in [5, 5.41) is 9.67. The number of nitrogens with one attached hydrogen (secondary N) is 3. The van der Waals surface area contributed by atoms with Crippen LogP contribution in [0.2, 0.25) is 0 Å². The number of anilines is 3. The Labute approximate surface area is 309 Å². The van der Waals surface area contributed by atoms with Gasteiger partial charge in [-0.05, 0) is 57.0 Å². The number of amidine groups is 1. The van der Waals surface area contributed by atoms with Crippen LogP contribution >= 0.6 is 0 Å². The van der Waals surface area contributed by atoms with Gasteiger partial charge in [-0.25, -0.2) is 19.9 Å². The van der Waals surface area contributed by atoms with E-state index in [2.05, 4.69) is 30.2 Å². The summed E-state index contributed by atoms with van der Waals surface area (Å²) >= 11 is 0. The molecule has 2 aliphatic heterocycles.